The van der Waals surface area contributed by atoms with Crippen molar-refractivity contribution in [2.75, 3.05) is 6.54 Å². The molecule has 2 aromatic rings. The van der Waals surface area contributed by atoms with Gasteiger partial charge in [0.1, 0.15) is 0 Å². The van der Waals surface area contributed by atoms with Gasteiger partial charge in [0, 0.05) is 27.9 Å². The predicted octanol–water partition coefficient (Wildman–Crippen LogP) is 4.99. The van der Waals surface area contributed by atoms with Crippen LogP contribution in [0.15, 0.2) is 24.3 Å². The monoisotopic (exact) mass is 307 g/mol. The lowest BCUT2D eigenvalue weighted by atomic mass is 10.2. The Morgan fingerprint density at radius 1 is 1.21 bits per heavy atom. The summed E-state index contributed by atoms with van der Waals surface area (Å²) in [7, 11) is 0. The average Bonchev–Trinajstić information content (AvgIpc) is 2.65. The van der Waals surface area contributed by atoms with E-state index in [9.17, 15) is 13.2 Å². The van der Waals surface area contributed by atoms with Crippen LogP contribution in [0.2, 0.25) is 5.02 Å². The molecule has 0 saturated carbocycles. The van der Waals surface area contributed by atoms with Crippen molar-refractivity contribution in [1.82, 2.24) is 5.32 Å². The van der Waals surface area contributed by atoms with Crippen LogP contribution in [0.1, 0.15) is 17.7 Å². The van der Waals surface area contributed by atoms with E-state index in [1.807, 2.05) is 24.3 Å². The Kier molecular flexibility index (Phi) is 4.71. The van der Waals surface area contributed by atoms with Crippen molar-refractivity contribution in [2.24, 2.45) is 0 Å². The largest absolute Gasteiger partial charge is 0.389 e. The van der Waals surface area contributed by atoms with Crippen molar-refractivity contribution in [3.8, 4) is 0 Å². The first-order valence-corrected chi connectivity index (χ1v) is 7.10. The number of alkyl halides is 3. The number of hydrogen-bond donors (Lipinski definition) is 1. The molecule has 1 aromatic carbocycles. The Morgan fingerprint density at radius 2 is 1.95 bits per heavy atom. The highest BCUT2D eigenvalue weighted by molar-refractivity contribution is 7.19. The van der Waals surface area contributed by atoms with E-state index in [0.29, 0.717) is 18.1 Å². The van der Waals surface area contributed by atoms with Gasteiger partial charge in [-0.15, -0.1) is 11.3 Å². The molecule has 0 radical (unpaired) electrons. The molecule has 0 saturated heterocycles. The van der Waals surface area contributed by atoms with Gasteiger partial charge in [-0.2, -0.15) is 13.2 Å². The van der Waals surface area contributed by atoms with Crippen molar-refractivity contribution in [3.05, 3.63) is 34.2 Å². The molecule has 104 valence electrons. The molecule has 0 aliphatic heterocycles. The first-order chi connectivity index (χ1) is 8.97. The smallest absolute Gasteiger partial charge is 0.312 e. The summed E-state index contributed by atoms with van der Waals surface area (Å²) in [6.07, 6.45) is -4.73. The van der Waals surface area contributed by atoms with Gasteiger partial charge in [0.25, 0.3) is 0 Å². The Labute approximate surface area is 118 Å². The van der Waals surface area contributed by atoms with E-state index < -0.39 is 12.6 Å². The minimum absolute atomic E-state index is 0.0893. The number of halogens is 4. The zero-order chi connectivity index (χ0) is 13.9. The lowest BCUT2D eigenvalue weighted by Crippen LogP contribution is -2.17. The van der Waals surface area contributed by atoms with Gasteiger partial charge in [-0.1, -0.05) is 29.8 Å². The quantitative estimate of drug-likeness (QED) is 0.768. The molecule has 0 aliphatic carbocycles. The molecule has 1 nitrogen and oxygen atoms in total. The molecular weight excluding hydrogens is 295 g/mol. The molecule has 0 bridgehead atoms. The highest BCUT2D eigenvalue weighted by Gasteiger charge is 2.25. The average molecular weight is 308 g/mol. The fourth-order valence-electron chi connectivity index (χ4n) is 1.79. The molecule has 6 heteroatoms. The van der Waals surface area contributed by atoms with Crippen LogP contribution in [-0.4, -0.2) is 12.7 Å². The normalized spacial score (nSPS) is 12.2. The summed E-state index contributed by atoms with van der Waals surface area (Å²) in [4.78, 5) is 0.967. The molecule has 1 N–H and O–H groups in total. The molecular formula is C13H13ClF3NS. The van der Waals surface area contributed by atoms with Gasteiger partial charge in [-0.25, -0.2) is 0 Å². The van der Waals surface area contributed by atoms with E-state index in [2.05, 4.69) is 5.32 Å². The molecule has 0 fully saturated rings. The zero-order valence-corrected chi connectivity index (χ0v) is 11.6. The second kappa shape index (κ2) is 6.11. The standard InChI is InChI=1S/C13H13ClF3NS/c14-12-9-4-1-2-5-10(9)19-11(12)8-18-7-3-6-13(15,16)17/h1-2,4-5,18H,3,6-8H2. The van der Waals surface area contributed by atoms with E-state index in [0.717, 1.165) is 15.0 Å². The number of benzene rings is 1. The van der Waals surface area contributed by atoms with Gasteiger partial charge in [-0.3, -0.25) is 0 Å². The van der Waals surface area contributed by atoms with Crippen molar-refractivity contribution in [2.45, 2.75) is 25.6 Å². The summed E-state index contributed by atoms with van der Waals surface area (Å²) in [5.74, 6) is 0. The van der Waals surface area contributed by atoms with Crippen LogP contribution >= 0.6 is 22.9 Å². The van der Waals surface area contributed by atoms with Crippen LogP contribution in [0, 0.1) is 0 Å². The third kappa shape index (κ3) is 4.09. The third-order valence-electron chi connectivity index (χ3n) is 2.70. The molecule has 0 atom stereocenters. The molecule has 2 rings (SSSR count). The second-order valence-electron chi connectivity index (χ2n) is 4.23. The summed E-state index contributed by atoms with van der Waals surface area (Å²) >= 11 is 7.80. The number of rotatable bonds is 5. The van der Waals surface area contributed by atoms with Crippen LogP contribution in [0.5, 0.6) is 0 Å². The van der Waals surface area contributed by atoms with E-state index in [1.165, 1.54) is 0 Å². The molecule has 0 spiro atoms. The van der Waals surface area contributed by atoms with Crippen molar-refractivity contribution < 1.29 is 13.2 Å². The summed E-state index contributed by atoms with van der Waals surface area (Å²) < 4.78 is 37.0. The molecule has 0 aliphatic rings. The van der Waals surface area contributed by atoms with Gasteiger partial charge < -0.3 is 5.32 Å². The summed E-state index contributed by atoms with van der Waals surface area (Å²) in [5.41, 5.74) is 0. The van der Waals surface area contributed by atoms with Crippen LogP contribution in [0.25, 0.3) is 10.1 Å². The number of thiophene rings is 1. The van der Waals surface area contributed by atoms with E-state index >= 15 is 0 Å². The topological polar surface area (TPSA) is 12.0 Å². The highest BCUT2D eigenvalue weighted by atomic mass is 35.5. The molecule has 1 heterocycles. The molecule has 1 aromatic heterocycles. The van der Waals surface area contributed by atoms with Crippen LogP contribution in [0.4, 0.5) is 13.2 Å². The van der Waals surface area contributed by atoms with Gasteiger partial charge in [0.2, 0.25) is 0 Å². The minimum Gasteiger partial charge on any atom is -0.312 e. The Bertz CT molecular complexity index is 550. The number of nitrogens with one attached hydrogen (secondary N) is 1. The second-order valence-corrected chi connectivity index (χ2v) is 5.75. The van der Waals surface area contributed by atoms with Gasteiger partial charge in [-0.05, 0) is 19.0 Å². The van der Waals surface area contributed by atoms with E-state index in [4.69, 9.17) is 11.6 Å². The maximum Gasteiger partial charge on any atom is 0.389 e. The summed E-state index contributed by atoms with van der Waals surface area (Å²) in [6.45, 7) is 0.847. The Balaban J connectivity index is 1.87. The number of hydrogen-bond acceptors (Lipinski definition) is 2. The summed E-state index contributed by atoms with van der Waals surface area (Å²) in [5, 5.41) is 4.70. The van der Waals surface area contributed by atoms with Gasteiger partial charge in [0.15, 0.2) is 0 Å². The fraction of sp³-hybridized carbons (Fsp3) is 0.385. The Hall–Kier alpha value is -0.780. The SMILES string of the molecule is FC(F)(F)CCCNCc1sc2ccccc2c1Cl. The van der Waals surface area contributed by atoms with Crippen LogP contribution in [0.3, 0.4) is 0 Å². The maximum atomic E-state index is 12.0. The van der Waals surface area contributed by atoms with Crippen molar-refractivity contribution in [1.29, 1.82) is 0 Å². The third-order valence-corrected chi connectivity index (χ3v) is 4.42. The highest BCUT2D eigenvalue weighted by Crippen LogP contribution is 2.34. The first kappa shape index (κ1) is 14.6. The lowest BCUT2D eigenvalue weighted by Gasteiger charge is -2.06. The summed E-state index contributed by atoms with van der Waals surface area (Å²) in [6, 6.07) is 7.79. The minimum atomic E-state index is -4.07. The van der Waals surface area contributed by atoms with Crippen molar-refractivity contribution >= 4 is 33.0 Å². The predicted molar refractivity (Wildman–Crippen MR) is 73.8 cm³/mol. The van der Waals surface area contributed by atoms with Crippen molar-refractivity contribution in [3.63, 3.8) is 0 Å². The molecule has 0 unspecified atom stereocenters. The zero-order valence-electron chi connectivity index (χ0n) is 10.1. The maximum absolute atomic E-state index is 12.0. The van der Waals surface area contributed by atoms with Gasteiger partial charge >= 0.3 is 6.18 Å². The molecule has 0 amide bonds. The van der Waals surface area contributed by atoms with Gasteiger partial charge in [0.05, 0.1) is 5.02 Å². The fourth-order valence-corrected chi connectivity index (χ4v) is 3.26. The Morgan fingerprint density at radius 3 is 2.63 bits per heavy atom. The number of fused-ring (bicyclic) bond motifs is 1. The van der Waals surface area contributed by atoms with E-state index in [-0.39, 0.29) is 6.42 Å². The van der Waals surface area contributed by atoms with Crippen LogP contribution in [-0.2, 0) is 6.54 Å². The lowest BCUT2D eigenvalue weighted by molar-refractivity contribution is -0.135. The molecule has 19 heavy (non-hydrogen) atoms. The first-order valence-electron chi connectivity index (χ1n) is 5.91. The van der Waals surface area contributed by atoms with Crippen LogP contribution < -0.4 is 5.32 Å². The van der Waals surface area contributed by atoms with E-state index in [1.54, 1.807) is 11.3 Å².